The fourth-order valence-electron chi connectivity index (χ4n) is 2.33. The Bertz CT molecular complexity index is 927. The van der Waals surface area contributed by atoms with Gasteiger partial charge in [-0.05, 0) is 24.3 Å². The monoisotopic (exact) mass is 382 g/mol. The van der Waals surface area contributed by atoms with Crippen molar-refractivity contribution >= 4 is 29.4 Å². The molecular formula is C19H18N4O3S. The van der Waals surface area contributed by atoms with E-state index in [0.717, 1.165) is 11.4 Å². The number of urea groups is 1. The van der Waals surface area contributed by atoms with Crippen LogP contribution in [0.25, 0.3) is 5.69 Å². The van der Waals surface area contributed by atoms with Crippen LogP contribution in [0.2, 0.25) is 0 Å². The number of hydrogen-bond donors (Lipinski definition) is 2. The Balaban J connectivity index is 1.56. The first-order valence-electron chi connectivity index (χ1n) is 8.12. The lowest BCUT2D eigenvalue weighted by Crippen LogP contribution is -2.35. The second-order valence-corrected chi connectivity index (χ2v) is 6.38. The summed E-state index contributed by atoms with van der Waals surface area (Å²) in [5.74, 6) is 0.379. The zero-order valence-corrected chi connectivity index (χ0v) is 15.4. The molecule has 0 aliphatic heterocycles. The first-order chi connectivity index (χ1) is 13.2. The molecule has 0 unspecified atom stereocenters. The van der Waals surface area contributed by atoms with Gasteiger partial charge in [0.25, 0.3) is 0 Å². The maximum atomic E-state index is 12.0. The minimum Gasteiger partial charge on any atom is -0.497 e. The Labute approximate surface area is 160 Å². The van der Waals surface area contributed by atoms with Crippen LogP contribution in [0.5, 0.6) is 5.75 Å². The van der Waals surface area contributed by atoms with Crippen molar-refractivity contribution in [2.75, 3.05) is 18.2 Å². The van der Waals surface area contributed by atoms with E-state index in [1.54, 1.807) is 43.8 Å². The van der Waals surface area contributed by atoms with E-state index in [-0.39, 0.29) is 5.75 Å². The summed E-state index contributed by atoms with van der Waals surface area (Å²) in [4.78, 5) is 28.2. The number of nitrogens with one attached hydrogen (secondary N) is 2. The zero-order chi connectivity index (χ0) is 19.1. The van der Waals surface area contributed by atoms with Crippen molar-refractivity contribution in [3.05, 3.63) is 67.0 Å². The van der Waals surface area contributed by atoms with Crippen LogP contribution in [-0.2, 0) is 4.79 Å². The lowest BCUT2D eigenvalue weighted by Gasteiger charge is -2.09. The highest BCUT2D eigenvalue weighted by Crippen LogP contribution is 2.23. The summed E-state index contributed by atoms with van der Waals surface area (Å²) in [6.45, 7) is 0. The number of para-hydroxylation sites is 1. The molecule has 7 nitrogen and oxygen atoms in total. The predicted molar refractivity (Wildman–Crippen MR) is 104 cm³/mol. The van der Waals surface area contributed by atoms with Gasteiger partial charge in [-0.15, -0.1) is 0 Å². The van der Waals surface area contributed by atoms with Crippen molar-refractivity contribution in [1.82, 2.24) is 14.9 Å². The molecule has 138 valence electrons. The van der Waals surface area contributed by atoms with E-state index in [1.165, 1.54) is 11.8 Å². The molecule has 0 aliphatic rings. The average Bonchev–Trinajstić information content (AvgIpc) is 3.16. The summed E-state index contributed by atoms with van der Waals surface area (Å²) in [5.41, 5.74) is 1.49. The molecule has 1 heterocycles. The molecule has 27 heavy (non-hydrogen) atoms. The van der Waals surface area contributed by atoms with Gasteiger partial charge in [0.15, 0.2) is 5.16 Å². The Morgan fingerprint density at radius 1 is 1.15 bits per heavy atom. The van der Waals surface area contributed by atoms with Crippen molar-refractivity contribution < 1.29 is 14.3 Å². The first kappa shape index (κ1) is 18.5. The van der Waals surface area contributed by atoms with E-state index in [0.29, 0.717) is 10.8 Å². The molecule has 0 radical (unpaired) electrons. The summed E-state index contributed by atoms with van der Waals surface area (Å²) in [6.07, 6.45) is 3.46. The minimum atomic E-state index is -0.567. The molecular weight excluding hydrogens is 364 g/mol. The Morgan fingerprint density at radius 3 is 2.74 bits per heavy atom. The fraction of sp³-hybridized carbons (Fsp3) is 0.105. The van der Waals surface area contributed by atoms with E-state index in [2.05, 4.69) is 15.6 Å². The number of ether oxygens (including phenoxy) is 1. The molecule has 3 rings (SSSR count). The Morgan fingerprint density at radius 2 is 1.96 bits per heavy atom. The summed E-state index contributed by atoms with van der Waals surface area (Å²) in [5, 5.41) is 5.54. The van der Waals surface area contributed by atoms with Crippen molar-refractivity contribution in [3.63, 3.8) is 0 Å². The van der Waals surface area contributed by atoms with Gasteiger partial charge in [0.05, 0.1) is 18.6 Å². The quantitative estimate of drug-likeness (QED) is 0.639. The molecule has 3 amide bonds. The van der Waals surface area contributed by atoms with Gasteiger partial charge >= 0.3 is 6.03 Å². The smallest absolute Gasteiger partial charge is 0.325 e. The number of benzene rings is 2. The van der Waals surface area contributed by atoms with Crippen LogP contribution in [-0.4, -0.2) is 34.4 Å². The van der Waals surface area contributed by atoms with Crippen LogP contribution in [0.15, 0.2) is 72.1 Å². The third-order valence-electron chi connectivity index (χ3n) is 3.56. The zero-order valence-electron chi connectivity index (χ0n) is 14.6. The highest BCUT2D eigenvalue weighted by Gasteiger charge is 2.12. The molecule has 2 aromatic carbocycles. The third-order valence-corrected chi connectivity index (χ3v) is 4.52. The van der Waals surface area contributed by atoms with Crippen molar-refractivity contribution in [2.45, 2.75) is 5.16 Å². The maximum Gasteiger partial charge on any atom is 0.325 e. The van der Waals surface area contributed by atoms with E-state index in [9.17, 15) is 9.59 Å². The van der Waals surface area contributed by atoms with Crippen molar-refractivity contribution in [1.29, 1.82) is 0 Å². The van der Waals surface area contributed by atoms with E-state index >= 15 is 0 Å². The number of imidazole rings is 1. The topological polar surface area (TPSA) is 85.2 Å². The lowest BCUT2D eigenvalue weighted by atomic mass is 10.3. The molecule has 0 spiro atoms. The normalized spacial score (nSPS) is 10.3. The third kappa shape index (κ3) is 5.11. The maximum absolute atomic E-state index is 12.0. The lowest BCUT2D eigenvalue weighted by molar-refractivity contribution is -0.117. The standard InChI is InChI=1S/C19H18N4O3S/c1-26-16-9-5-8-15(12-16)23-11-10-20-19(23)27-13-17(24)22-18(25)21-14-6-3-2-4-7-14/h2-12H,13H2,1H3,(H2,21,22,24,25). The molecule has 0 saturated carbocycles. The molecule has 0 bridgehead atoms. The number of carbonyl (C=O) groups excluding carboxylic acids is 2. The number of hydrogen-bond acceptors (Lipinski definition) is 5. The first-order valence-corrected chi connectivity index (χ1v) is 9.11. The Kier molecular flexibility index (Phi) is 6.11. The molecule has 0 saturated heterocycles. The number of imide groups is 1. The van der Waals surface area contributed by atoms with Crippen LogP contribution in [0.4, 0.5) is 10.5 Å². The summed E-state index contributed by atoms with van der Waals surface area (Å²) in [7, 11) is 1.60. The van der Waals surface area contributed by atoms with Crippen molar-refractivity contribution in [3.8, 4) is 11.4 Å². The number of rotatable bonds is 6. The number of anilines is 1. The molecule has 0 atom stereocenters. The van der Waals surface area contributed by atoms with Gasteiger partial charge in [0, 0.05) is 24.1 Å². The van der Waals surface area contributed by atoms with Crippen molar-refractivity contribution in [2.24, 2.45) is 0 Å². The molecule has 0 aliphatic carbocycles. The van der Waals surface area contributed by atoms with Crippen LogP contribution >= 0.6 is 11.8 Å². The van der Waals surface area contributed by atoms with E-state index in [4.69, 9.17) is 4.74 Å². The van der Waals surface area contributed by atoms with Crippen LogP contribution in [0.3, 0.4) is 0 Å². The van der Waals surface area contributed by atoms with Crippen LogP contribution in [0, 0.1) is 0 Å². The van der Waals surface area contributed by atoms with Gasteiger partial charge in [-0.2, -0.15) is 0 Å². The average molecular weight is 382 g/mol. The SMILES string of the molecule is COc1cccc(-n2ccnc2SCC(=O)NC(=O)Nc2ccccc2)c1. The summed E-state index contributed by atoms with van der Waals surface area (Å²) >= 11 is 1.24. The van der Waals surface area contributed by atoms with E-state index < -0.39 is 11.9 Å². The molecule has 8 heteroatoms. The number of thioether (sulfide) groups is 1. The highest BCUT2D eigenvalue weighted by atomic mass is 32.2. The van der Waals surface area contributed by atoms with E-state index in [1.807, 2.05) is 34.9 Å². The predicted octanol–water partition coefficient (Wildman–Crippen LogP) is 3.32. The molecule has 2 N–H and O–H groups in total. The molecule has 1 aromatic heterocycles. The largest absolute Gasteiger partial charge is 0.497 e. The van der Waals surface area contributed by atoms with Gasteiger partial charge in [-0.25, -0.2) is 9.78 Å². The number of aromatic nitrogens is 2. The number of nitrogens with zero attached hydrogens (tertiary/aromatic N) is 2. The molecule has 3 aromatic rings. The van der Waals surface area contributed by atoms with Gasteiger partial charge in [-0.1, -0.05) is 36.0 Å². The van der Waals surface area contributed by atoms with Gasteiger partial charge in [0.1, 0.15) is 5.75 Å². The minimum absolute atomic E-state index is 0.0587. The summed E-state index contributed by atoms with van der Waals surface area (Å²) in [6, 6.07) is 15.9. The van der Waals surface area contributed by atoms with Gasteiger partial charge < -0.3 is 10.1 Å². The second kappa shape index (κ2) is 8.91. The summed E-state index contributed by atoms with van der Waals surface area (Å²) < 4.78 is 7.09. The highest BCUT2D eigenvalue weighted by molar-refractivity contribution is 7.99. The van der Waals surface area contributed by atoms with Gasteiger partial charge in [0.2, 0.25) is 5.91 Å². The number of amides is 3. The second-order valence-electron chi connectivity index (χ2n) is 5.44. The number of carbonyl (C=O) groups is 2. The fourth-order valence-corrected chi connectivity index (χ4v) is 3.10. The molecule has 0 fully saturated rings. The van der Waals surface area contributed by atoms with Gasteiger partial charge in [-0.3, -0.25) is 14.7 Å². The number of methoxy groups -OCH3 is 1. The Hall–Kier alpha value is -3.26. The van der Waals surface area contributed by atoms with Crippen LogP contribution in [0.1, 0.15) is 0 Å². The van der Waals surface area contributed by atoms with Crippen LogP contribution < -0.4 is 15.4 Å².